The monoisotopic (exact) mass is 243 g/mol. The van der Waals surface area contributed by atoms with E-state index in [9.17, 15) is 0 Å². The van der Waals surface area contributed by atoms with Gasteiger partial charge >= 0.3 is 0 Å². The average Bonchev–Trinajstić information content (AvgIpc) is 2.69. The third-order valence-electron chi connectivity index (χ3n) is 3.24. The van der Waals surface area contributed by atoms with Crippen molar-refractivity contribution in [2.24, 2.45) is 0 Å². The molecule has 0 spiro atoms. The van der Waals surface area contributed by atoms with E-state index in [-0.39, 0.29) is 5.54 Å². The van der Waals surface area contributed by atoms with E-state index in [2.05, 4.69) is 61.6 Å². The zero-order valence-electron chi connectivity index (χ0n) is 10.2. The van der Waals surface area contributed by atoms with Crippen LogP contribution < -0.4 is 5.32 Å². The van der Waals surface area contributed by atoms with Crippen molar-refractivity contribution >= 4 is 22.5 Å². The molecular formula is C15H17NS. The van der Waals surface area contributed by atoms with Gasteiger partial charge in [-0.2, -0.15) is 0 Å². The second-order valence-corrected chi connectivity index (χ2v) is 6.38. The molecular weight excluding hydrogens is 226 g/mol. The Bertz CT molecular complexity index is 542. The minimum Gasteiger partial charge on any atom is -0.296 e. The lowest BCUT2D eigenvalue weighted by molar-refractivity contribution is 0.453. The summed E-state index contributed by atoms with van der Waals surface area (Å²) in [6.07, 6.45) is 0. The number of rotatable bonds is 1. The summed E-state index contributed by atoms with van der Waals surface area (Å²) in [6, 6.07) is 15.2. The van der Waals surface area contributed by atoms with E-state index >= 15 is 0 Å². The molecule has 0 saturated carbocycles. The predicted octanol–water partition coefficient (Wildman–Crippen LogP) is 3.95. The standard InChI is InChI=1S/C15H17NS/c1-15(2)10-17-14(16-15)13-9-5-7-11-6-3-4-8-12(11)13/h3-9,14,16H,10H2,1-2H3. The van der Waals surface area contributed by atoms with Gasteiger partial charge in [-0.05, 0) is 30.2 Å². The molecule has 0 radical (unpaired) electrons. The van der Waals surface area contributed by atoms with Gasteiger partial charge in [0.25, 0.3) is 0 Å². The van der Waals surface area contributed by atoms with Crippen LogP contribution in [0.15, 0.2) is 42.5 Å². The molecule has 1 aliphatic heterocycles. The largest absolute Gasteiger partial charge is 0.296 e. The van der Waals surface area contributed by atoms with Gasteiger partial charge in [0.2, 0.25) is 0 Å². The molecule has 0 amide bonds. The molecule has 1 unspecified atom stereocenters. The van der Waals surface area contributed by atoms with Crippen LogP contribution in [-0.2, 0) is 0 Å². The molecule has 0 aromatic heterocycles. The minimum atomic E-state index is 0.242. The number of benzene rings is 2. The van der Waals surface area contributed by atoms with Gasteiger partial charge in [0.05, 0.1) is 5.37 Å². The van der Waals surface area contributed by atoms with E-state index in [0.29, 0.717) is 5.37 Å². The smallest absolute Gasteiger partial charge is 0.0800 e. The zero-order valence-corrected chi connectivity index (χ0v) is 11.1. The van der Waals surface area contributed by atoms with E-state index < -0.39 is 0 Å². The van der Waals surface area contributed by atoms with Crippen molar-refractivity contribution in [1.82, 2.24) is 5.32 Å². The molecule has 3 rings (SSSR count). The Morgan fingerprint density at radius 2 is 1.88 bits per heavy atom. The third-order valence-corrected chi connectivity index (χ3v) is 4.83. The summed E-state index contributed by atoms with van der Waals surface area (Å²) in [5.74, 6) is 1.17. The quantitative estimate of drug-likeness (QED) is 0.814. The first-order valence-corrected chi connectivity index (χ1v) is 7.08. The maximum Gasteiger partial charge on any atom is 0.0800 e. The van der Waals surface area contributed by atoms with Crippen molar-refractivity contribution in [1.29, 1.82) is 0 Å². The molecule has 1 nitrogen and oxygen atoms in total. The third kappa shape index (κ3) is 2.07. The molecule has 1 heterocycles. The number of nitrogens with one attached hydrogen (secondary N) is 1. The Kier molecular flexibility index (Phi) is 2.64. The molecule has 1 fully saturated rings. The van der Waals surface area contributed by atoms with E-state index in [1.807, 2.05) is 11.8 Å². The fourth-order valence-corrected chi connectivity index (χ4v) is 3.83. The van der Waals surface area contributed by atoms with Gasteiger partial charge in [-0.3, -0.25) is 5.32 Å². The Labute approximate surface area is 107 Å². The van der Waals surface area contributed by atoms with E-state index in [0.717, 1.165) is 0 Å². The highest BCUT2D eigenvalue weighted by Gasteiger charge is 2.31. The van der Waals surface area contributed by atoms with E-state index in [1.54, 1.807) is 0 Å². The summed E-state index contributed by atoms with van der Waals surface area (Å²) < 4.78 is 0. The van der Waals surface area contributed by atoms with Crippen molar-refractivity contribution in [2.75, 3.05) is 5.75 Å². The predicted molar refractivity (Wildman–Crippen MR) is 76.4 cm³/mol. The number of thioether (sulfide) groups is 1. The fourth-order valence-electron chi connectivity index (χ4n) is 2.38. The van der Waals surface area contributed by atoms with Gasteiger partial charge in [0.1, 0.15) is 0 Å². The van der Waals surface area contributed by atoms with Gasteiger partial charge in [-0.25, -0.2) is 0 Å². The van der Waals surface area contributed by atoms with Crippen LogP contribution >= 0.6 is 11.8 Å². The van der Waals surface area contributed by atoms with E-state index in [1.165, 1.54) is 22.1 Å². The first kappa shape index (κ1) is 11.1. The molecule has 0 aliphatic carbocycles. The first-order valence-electron chi connectivity index (χ1n) is 6.03. The van der Waals surface area contributed by atoms with E-state index in [4.69, 9.17) is 0 Å². The molecule has 1 N–H and O–H groups in total. The molecule has 0 bridgehead atoms. The number of hydrogen-bond donors (Lipinski definition) is 1. The second-order valence-electron chi connectivity index (χ2n) is 5.29. The van der Waals surface area contributed by atoms with Crippen molar-refractivity contribution in [2.45, 2.75) is 24.8 Å². The molecule has 1 atom stereocenters. The summed E-state index contributed by atoms with van der Waals surface area (Å²) in [7, 11) is 0. The van der Waals surface area contributed by atoms with Crippen LogP contribution in [-0.4, -0.2) is 11.3 Å². The summed E-state index contributed by atoms with van der Waals surface area (Å²) in [6.45, 7) is 4.54. The molecule has 1 aliphatic rings. The molecule has 2 aromatic rings. The van der Waals surface area contributed by atoms with Crippen molar-refractivity contribution in [3.63, 3.8) is 0 Å². The molecule has 1 saturated heterocycles. The lowest BCUT2D eigenvalue weighted by Gasteiger charge is -2.20. The molecule has 2 aromatic carbocycles. The van der Waals surface area contributed by atoms with Crippen LogP contribution in [0, 0.1) is 0 Å². The highest BCUT2D eigenvalue weighted by molar-refractivity contribution is 7.99. The van der Waals surface area contributed by atoms with Crippen molar-refractivity contribution in [3.05, 3.63) is 48.0 Å². The summed E-state index contributed by atoms with van der Waals surface area (Å²) in [5, 5.41) is 6.83. The van der Waals surface area contributed by atoms with Crippen LogP contribution in [0.1, 0.15) is 24.8 Å². The maximum atomic E-state index is 3.70. The normalized spacial score (nSPS) is 23.1. The Balaban J connectivity index is 2.06. The first-order chi connectivity index (χ1) is 8.16. The van der Waals surface area contributed by atoms with Crippen LogP contribution in [0.25, 0.3) is 10.8 Å². The van der Waals surface area contributed by atoms with Crippen LogP contribution in [0.3, 0.4) is 0 Å². The summed E-state index contributed by atoms with van der Waals surface area (Å²) >= 11 is 2.01. The number of fused-ring (bicyclic) bond motifs is 1. The lowest BCUT2D eigenvalue weighted by atomic mass is 10.0. The fraction of sp³-hybridized carbons (Fsp3) is 0.333. The van der Waals surface area contributed by atoms with Crippen molar-refractivity contribution in [3.8, 4) is 0 Å². The zero-order chi connectivity index (χ0) is 11.9. The second kappa shape index (κ2) is 4.04. The van der Waals surface area contributed by atoms with Crippen LogP contribution in [0.2, 0.25) is 0 Å². The Morgan fingerprint density at radius 3 is 2.65 bits per heavy atom. The maximum absolute atomic E-state index is 3.70. The SMILES string of the molecule is CC1(C)CSC(c2cccc3ccccc23)N1. The van der Waals surface area contributed by atoms with Gasteiger partial charge in [0, 0.05) is 11.3 Å². The molecule has 17 heavy (non-hydrogen) atoms. The van der Waals surface area contributed by atoms with Gasteiger partial charge in [-0.15, -0.1) is 11.8 Å². The summed E-state index contributed by atoms with van der Waals surface area (Å²) in [4.78, 5) is 0. The van der Waals surface area contributed by atoms with Crippen LogP contribution in [0.5, 0.6) is 0 Å². The average molecular weight is 243 g/mol. The molecule has 88 valence electrons. The minimum absolute atomic E-state index is 0.242. The topological polar surface area (TPSA) is 12.0 Å². The van der Waals surface area contributed by atoms with Gasteiger partial charge in [-0.1, -0.05) is 42.5 Å². The summed E-state index contributed by atoms with van der Waals surface area (Å²) in [5.41, 5.74) is 1.66. The lowest BCUT2D eigenvalue weighted by Crippen LogP contribution is -2.35. The Morgan fingerprint density at radius 1 is 1.12 bits per heavy atom. The van der Waals surface area contributed by atoms with Gasteiger partial charge in [0.15, 0.2) is 0 Å². The van der Waals surface area contributed by atoms with Crippen LogP contribution in [0.4, 0.5) is 0 Å². The highest BCUT2D eigenvalue weighted by atomic mass is 32.2. The highest BCUT2D eigenvalue weighted by Crippen LogP contribution is 2.39. The molecule has 2 heteroatoms. The van der Waals surface area contributed by atoms with Gasteiger partial charge < -0.3 is 0 Å². The Hall–Kier alpha value is -0.990. The number of hydrogen-bond acceptors (Lipinski definition) is 2. The van der Waals surface area contributed by atoms with Crippen molar-refractivity contribution < 1.29 is 0 Å².